The van der Waals surface area contributed by atoms with E-state index in [1.807, 2.05) is 4.90 Å². The van der Waals surface area contributed by atoms with Crippen molar-refractivity contribution < 1.29 is 19.4 Å². The summed E-state index contributed by atoms with van der Waals surface area (Å²) in [6, 6.07) is 1.83. The monoisotopic (exact) mass is 358 g/mol. The third-order valence-corrected chi connectivity index (χ3v) is 4.40. The normalized spacial score (nSPS) is 21.6. The van der Waals surface area contributed by atoms with Crippen molar-refractivity contribution in [3.63, 3.8) is 0 Å². The summed E-state index contributed by atoms with van der Waals surface area (Å²) < 4.78 is 10.8. The van der Waals surface area contributed by atoms with Gasteiger partial charge in [-0.1, -0.05) is 11.6 Å². The first-order chi connectivity index (χ1) is 11.4. The standard InChI is InChI=1S/C15H23ClN4O4/c1-23-12-7-20(8-13(21)22)4-3-11(12)18-6-9-5-10(16)14(17)19-15(9)24-2/h5,11-12,18H,3-4,6-8H2,1-2H3,(H2,17,19)(H,21,22)/t11-,12+/m0/s1. The Bertz CT molecular complexity index is 587. The highest BCUT2D eigenvalue weighted by molar-refractivity contribution is 6.32. The number of carbonyl (C=O) groups is 1. The fourth-order valence-corrected chi connectivity index (χ4v) is 3.03. The number of halogens is 1. The third-order valence-electron chi connectivity index (χ3n) is 4.10. The Balaban J connectivity index is 1.99. The molecule has 0 bridgehead atoms. The van der Waals surface area contributed by atoms with Crippen LogP contribution in [0.1, 0.15) is 12.0 Å². The lowest BCUT2D eigenvalue weighted by Gasteiger charge is -2.37. The molecule has 9 heteroatoms. The number of methoxy groups -OCH3 is 2. The fraction of sp³-hybridized carbons (Fsp3) is 0.600. The van der Waals surface area contributed by atoms with Crippen molar-refractivity contribution in [2.24, 2.45) is 0 Å². The molecule has 1 aromatic heterocycles. The molecular formula is C15H23ClN4O4. The molecule has 24 heavy (non-hydrogen) atoms. The largest absolute Gasteiger partial charge is 0.481 e. The van der Waals surface area contributed by atoms with E-state index in [4.69, 9.17) is 31.9 Å². The van der Waals surface area contributed by atoms with Crippen molar-refractivity contribution >= 4 is 23.4 Å². The Morgan fingerprint density at radius 2 is 2.33 bits per heavy atom. The third kappa shape index (κ3) is 4.70. The predicted octanol–water partition coefficient (Wildman–Crippen LogP) is 0.589. The second kappa shape index (κ2) is 8.48. The number of nitrogen functional groups attached to an aromatic ring is 1. The Labute approximate surface area is 145 Å². The highest BCUT2D eigenvalue weighted by atomic mass is 35.5. The van der Waals surface area contributed by atoms with Crippen molar-refractivity contribution in [2.45, 2.75) is 25.1 Å². The van der Waals surface area contributed by atoms with Crippen molar-refractivity contribution in [1.82, 2.24) is 15.2 Å². The zero-order valence-corrected chi connectivity index (χ0v) is 14.5. The number of nitrogens with two attached hydrogens (primary N) is 1. The minimum absolute atomic E-state index is 0.0257. The van der Waals surface area contributed by atoms with Crippen LogP contribution in [-0.2, 0) is 16.1 Å². The smallest absolute Gasteiger partial charge is 0.317 e. The van der Waals surface area contributed by atoms with Crippen molar-refractivity contribution in [3.8, 4) is 5.88 Å². The highest BCUT2D eigenvalue weighted by Crippen LogP contribution is 2.25. The van der Waals surface area contributed by atoms with E-state index in [0.29, 0.717) is 30.5 Å². The quantitative estimate of drug-likeness (QED) is 0.649. The highest BCUT2D eigenvalue weighted by Gasteiger charge is 2.30. The summed E-state index contributed by atoms with van der Waals surface area (Å²) in [7, 11) is 3.16. The predicted molar refractivity (Wildman–Crippen MR) is 90.3 cm³/mol. The number of hydrogen-bond donors (Lipinski definition) is 3. The number of aliphatic carboxylic acids is 1. The topological polar surface area (TPSA) is 110 Å². The van der Waals surface area contributed by atoms with Crippen LogP contribution in [-0.4, -0.2) is 67.0 Å². The van der Waals surface area contributed by atoms with Gasteiger partial charge in [0.1, 0.15) is 5.82 Å². The number of hydrogen-bond acceptors (Lipinski definition) is 7. The zero-order valence-electron chi connectivity index (χ0n) is 13.8. The van der Waals surface area contributed by atoms with Gasteiger partial charge in [0, 0.05) is 38.3 Å². The number of carboxylic acid groups (broad SMARTS) is 1. The van der Waals surface area contributed by atoms with E-state index in [1.54, 1.807) is 13.2 Å². The van der Waals surface area contributed by atoms with E-state index < -0.39 is 5.97 Å². The number of nitrogens with zero attached hydrogens (tertiary/aromatic N) is 2. The van der Waals surface area contributed by atoms with Gasteiger partial charge in [0.15, 0.2) is 0 Å². The average Bonchev–Trinajstić information content (AvgIpc) is 2.55. The molecular weight excluding hydrogens is 336 g/mol. The summed E-state index contributed by atoms with van der Waals surface area (Å²) in [5, 5.41) is 12.7. The SMILES string of the molecule is COc1nc(N)c(Cl)cc1CN[C@H]1CCN(CC(=O)O)C[C@H]1OC. The second-order valence-electron chi connectivity index (χ2n) is 5.70. The maximum absolute atomic E-state index is 10.8. The van der Waals surface area contributed by atoms with E-state index in [1.165, 1.54) is 7.11 Å². The Morgan fingerprint density at radius 1 is 1.58 bits per heavy atom. The van der Waals surface area contributed by atoms with Crippen molar-refractivity contribution in [1.29, 1.82) is 0 Å². The summed E-state index contributed by atoms with van der Waals surface area (Å²) in [6.07, 6.45) is 0.686. The molecule has 2 atom stereocenters. The van der Waals surface area contributed by atoms with Gasteiger partial charge in [-0.25, -0.2) is 0 Å². The Morgan fingerprint density at radius 3 is 2.96 bits per heavy atom. The summed E-state index contributed by atoms with van der Waals surface area (Å²) in [5.74, 6) is -0.167. The minimum Gasteiger partial charge on any atom is -0.481 e. The number of aromatic nitrogens is 1. The van der Waals surface area contributed by atoms with Crippen LogP contribution in [0.5, 0.6) is 5.88 Å². The van der Waals surface area contributed by atoms with Gasteiger partial charge in [-0.2, -0.15) is 4.98 Å². The van der Waals surface area contributed by atoms with Crippen LogP contribution in [0.4, 0.5) is 5.82 Å². The maximum Gasteiger partial charge on any atom is 0.317 e. The number of carboxylic acids is 1. The van der Waals surface area contributed by atoms with Crippen molar-refractivity contribution in [3.05, 3.63) is 16.7 Å². The molecule has 0 radical (unpaired) electrons. The fourth-order valence-electron chi connectivity index (χ4n) is 2.86. The molecule has 2 rings (SSSR count). The van der Waals surface area contributed by atoms with Crippen molar-refractivity contribution in [2.75, 3.05) is 39.6 Å². The molecule has 134 valence electrons. The minimum atomic E-state index is -0.830. The first-order valence-electron chi connectivity index (χ1n) is 7.63. The van der Waals surface area contributed by atoms with Crippen LogP contribution in [0, 0.1) is 0 Å². The molecule has 0 saturated carbocycles. The molecule has 0 spiro atoms. The summed E-state index contributed by atoms with van der Waals surface area (Å²) in [6.45, 7) is 1.79. The molecule has 0 aliphatic carbocycles. The van der Waals surface area contributed by atoms with Gasteiger partial charge in [0.05, 0.1) is 24.8 Å². The summed E-state index contributed by atoms with van der Waals surface area (Å²) >= 11 is 6.03. The molecule has 4 N–H and O–H groups in total. The molecule has 1 fully saturated rings. The molecule has 1 aliphatic rings. The van der Waals surface area contributed by atoms with Gasteiger partial charge < -0.3 is 25.6 Å². The van der Waals surface area contributed by atoms with Gasteiger partial charge in [-0.3, -0.25) is 9.69 Å². The lowest BCUT2D eigenvalue weighted by Crippen LogP contribution is -2.54. The Kier molecular flexibility index (Phi) is 6.61. The number of anilines is 1. The van der Waals surface area contributed by atoms with Gasteiger partial charge in [0.2, 0.25) is 5.88 Å². The van der Waals surface area contributed by atoms with E-state index in [2.05, 4.69) is 10.3 Å². The molecule has 1 saturated heterocycles. The van der Waals surface area contributed by atoms with Crippen LogP contribution in [0.3, 0.4) is 0 Å². The zero-order chi connectivity index (χ0) is 17.7. The van der Waals surface area contributed by atoms with Crippen LogP contribution in [0.25, 0.3) is 0 Å². The lowest BCUT2D eigenvalue weighted by molar-refractivity contribution is -0.139. The summed E-state index contributed by atoms with van der Waals surface area (Å²) in [5.41, 5.74) is 6.49. The van der Waals surface area contributed by atoms with Gasteiger partial charge in [-0.15, -0.1) is 0 Å². The number of nitrogens with one attached hydrogen (secondary N) is 1. The number of likely N-dealkylation sites (tertiary alicyclic amines) is 1. The van der Waals surface area contributed by atoms with E-state index in [-0.39, 0.29) is 24.5 Å². The first-order valence-corrected chi connectivity index (χ1v) is 8.01. The van der Waals surface area contributed by atoms with Crippen LogP contribution < -0.4 is 15.8 Å². The number of rotatable bonds is 7. The molecule has 0 unspecified atom stereocenters. The van der Waals surface area contributed by atoms with Gasteiger partial charge >= 0.3 is 5.97 Å². The number of pyridine rings is 1. The lowest BCUT2D eigenvalue weighted by atomic mass is 10.0. The van der Waals surface area contributed by atoms with Crippen LogP contribution in [0.15, 0.2) is 6.07 Å². The first kappa shape index (κ1) is 18.7. The second-order valence-corrected chi connectivity index (χ2v) is 6.11. The van der Waals surface area contributed by atoms with Crippen LogP contribution >= 0.6 is 11.6 Å². The molecule has 1 aromatic rings. The average molecular weight is 359 g/mol. The molecule has 8 nitrogen and oxygen atoms in total. The molecule has 1 aliphatic heterocycles. The van der Waals surface area contributed by atoms with Gasteiger partial charge in [0.25, 0.3) is 0 Å². The van der Waals surface area contributed by atoms with E-state index in [9.17, 15) is 4.79 Å². The number of ether oxygens (including phenoxy) is 2. The number of piperidine rings is 1. The van der Waals surface area contributed by atoms with E-state index >= 15 is 0 Å². The van der Waals surface area contributed by atoms with E-state index in [0.717, 1.165) is 12.0 Å². The molecule has 0 amide bonds. The van der Waals surface area contributed by atoms with Gasteiger partial charge in [-0.05, 0) is 12.5 Å². The Hall–Kier alpha value is -1.61. The molecule has 2 heterocycles. The molecule has 0 aromatic carbocycles. The maximum atomic E-state index is 10.8. The van der Waals surface area contributed by atoms with Crippen LogP contribution in [0.2, 0.25) is 5.02 Å². The summed E-state index contributed by atoms with van der Waals surface area (Å²) in [4.78, 5) is 16.8.